The number of rotatable bonds is 6. The van der Waals surface area contributed by atoms with Crippen LogP contribution < -0.4 is 9.64 Å². The van der Waals surface area contributed by atoms with Gasteiger partial charge < -0.3 is 14.2 Å². The second-order valence-corrected chi connectivity index (χ2v) is 9.02. The lowest BCUT2D eigenvalue weighted by Gasteiger charge is -2.31. The quantitative estimate of drug-likeness (QED) is 0.348. The Bertz CT molecular complexity index is 1320. The molecule has 0 N–H and O–H groups in total. The van der Waals surface area contributed by atoms with E-state index in [1.165, 1.54) is 37.1 Å². The Hall–Kier alpha value is -3.89. The first-order valence-electron chi connectivity index (χ1n) is 11.7. The third-order valence-electron chi connectivity index (χ3n) is 6.22. The van der Waals surface area contributed by atoms with Crippen molar-refractivity contribution in [1.29, 1.82) is 0 Å². The van der Waals surface area contributed by atoms with Crippen LogP contribution in [0.25, 0.3) is 23.0 Å². The van der Waals surface area contributed by atoms with Gasteiger partial charge in [-0.25, -0.2) is 4.98 Å². The fourth-order valence-corrected chi connectivity index (χ4v) is 4.17. The maximum Gasteiger partial charge on any atom is 0.573 e. The Kier molecular flexibility index (Phi) is 6.38. The topological polar surface area (TPSA) is 82.1 Å². The summed E-state index contributed by atoms with van der Waals surface area (Å²) in [7, 11) is 0. The number of ether oxygens (including phenoxy) is 1. The van der Waals surface area contributed by atoms with Crippen molar-refractivity contribution >= 4 is 5.82 Å². The second-order valence-electron chi connectivity index (χ2n) is 9.02. The highest BCUT2D eigenvalue weighted by molar-refractivity contribution is 5.59. The number of aromatic nitrogens is 5. The number of nitrogens with zero attached hydrogens (tertiary/aromatic N) is 6. The molecule has 188 valence electrons. The van der Waals surface area contributed by atoms with Crippen molar-refractivity contribution in [3.8, 4) is 28.7 Å². The zero-order valence-electron chi connectivity index (χ0n) is 19.9. The van der Waals surface area contributed by atoms with Crippen molar-refractivity contribution in [3.05, 3.63) is 59.9 Å². The first kappa shape index (κ1) is 23.8. The predicted molar refractivity (Wildman–Crippen MR) is 126 cm³/mol. The van der Waals surface area contributed by atoms with Gasteiger partial charge in [0.05, 0.1) is 6.54 Å². The van der Waals surface area contributed by atoms with Crippen molar-refractivity contribution in [1.82, 2.24) is 24.9 Å². The first-order valence-corrected chi connectivity index (χ1v) is 11.7. The maximum atomic E-state index is 12.4. The highest BCUT2D eigenvalue weighted by Gasteiger charge is 2.31. The van der Waals surface area contributed by atoms with Crippen LogP contribution in [0.2, 0.25) is 0 Å². The number of piperidine rings is 1. The summed E-state index contributed by atoms with van der Waals surface area (Å²) in [6, 6.07) is 11.2. The van der Waals surface area contributed by atoms with Crippen molar-refractivity contribution in [2.45, 2.75) is 39.6 Å². The van der Waals surface area contributed by atoms with Gasteiger partial charge in [-0.1, -0.05) is 12.1 Å². The number of pyridine rings is 1. The molecule has 1 fully saturated rings. The molecule has 4 heterocycles. The Morgan fingerprint density at radius 3 is 2.56 bits per heavy atom. The van der Waals surface area contributed by atoms with E-state index < -0.39 is 6.36 Å². The third kappa shape index (κ3) is 5.50. The highest BCUT2D eigenvalue weighted by atomic mass is 19.4. The van der Waals surface area contributed by atoms with Gasteiger partial charge in [0, 0.05) is 30.5 Å². The molecule has 1 aliphatic rings. The summed E-state index contributed by atoms with van der Waals surface area (Å²) < 4.78 is 48.2. The Balaban J connectivity index is 1.29. The molecule has 36 heavy (non-hydrogen) atoms. The van der Waals surface area contributed by atoms with Gasteiger partial charge in [-0.05, 0) is 73.7 Å². The molecule has 1 aliphatic heterocycles. The summed E-state index contributed by atoms with van der Waals surface area (Å²) >= 11 is 0. The largest absolute Gasteiger partial charge is 0.573 e. The maximum absolute atomic E-state index is 12.4. The van der Waals surface area contributed by atoms with E-state index in [2.05, 4.69) is 42.9 Å². The minimum absolute atomic E-state index is 0.223. The Morgan fingerprint density at radius 2 is 1.83 bits per heavy atom. The molecule has 1 aromatic carbocycles. The SMILES string of the molecule is Cc1cc(-c2nc(-c3ccc(OC(F)(F)F)cc3)no2)nn1Cc1ccnc(N2CCC(C)CC2)c1. The number of benzene rings is 1. The zero-order chi connectivity index (χ0) is 25.3. The molecule has 0 amide bonds. The number of halogens is 3. The van der Waals surface area contributed by atoms with Crippen LogP contribution in [0.5, 0.6) is 5.75 Å². The molecule has 3 aromatic heterocycles. The minimum Gasteiger partial charge on any atom is -0.406 e. The van der Waals surface area contributed by atoms with E-state index in [0.29, 0.717) is 17.8 Å². The number of anilines is 1. The van der Waals surface area contributed by atoms with Crippen LogP contribution in [0.4, 0.5) is 19.0 Å². The monoisotopic (exact) mass is 498 g/mol. The Labute approximate surface area is 205 Å². The van der Waals surface area contributed by atoms with E-state index in [9.17, 15) is 13.2 Å². The molecule has 0 aliphatic carbocycles. The Morgan fingerprint density at radius 1 is 1.08 bits per heavy atom. The summed E-state index contributed by atoms with van der Waals surface area (Å²) in [5.74, 6) is 1.88. The normalized spacial score (nSPS) is 14.9. The highest BCUT2D eigenvalue weighted by Crippen LogP contribution is 2.27. The molecule has 5 rings (SSSR count). The van der Waals surface area contributed by atoms with Crippen LogP contribution in [0, 0.1) is 12.8 Å². The molecule has 8 nitrogen and oxygen atoms in total. The van der Waals surface area contributed by atoms with E-state index in [0.717, 1.165) is 36.1 Å². The van der Waals surface area contributed by atoms with Gasteiger partial charge in [0.25, 0.3) is 5.89 Å². The molecule has 0 atom stereocenters. The van der Waals surface area contributed by atoms with E-state index in [1.54, 1.807) is 0 Å². The number of hydrogen-bond donors (Lipinski definition) is 0. The first-order chi connectivity index (χ1) is 17.2. The molecule has 4 aromatic rings. The zero-order valence-corrected chi connectivity index (χ0v) is 19.9. The van der Waals surface area contributed by atoms with Crippen LogP contribution in [0.1, 0.15) is 31.0 Å². The lowest BCUT2D eigenvalue weighted by molar-refractivity contribution is -0.274. The molecule has 11 heteroatoms. The van der Waals surface area contributed by atoms with Gasteiger partial charge >= 0.3 is 6.36 Å². The van der Waals surface area contributed by atoms with Crippen LogP contribution >= 0.6 is 0 Å². The fraction of sp³-hybridized carbons (Fsp3) is 0.360. The number of hydrogen-bond acceptors (Lipinski definition) is 7. The van der Waals surface area contributed by atoms with Gasteiger partial charge in [0.1, 0.15) is 11.6 Å². The lowest BCUT2D eigenvalue weighted by Crippen LogP contribution is -2.33. The lowest BCUT2D eigenvalue weighted by atomic mass is 9.99. The van der Waals surface area contributed by atoms with Gasteiger partial charge in [-0.2, -0.15) is 10.1 Å². The minimum atomic E-state index is -4.75. The summed E-state index contributed by atoms with van der Waals surface area (Å²) in [6.07, 6.45) is -0.574. The van der Waals surface area contributed by atoms with E-state index in [1.807, 2.05) is 29.9 Å². The summed E-state index contributed by atoms with van der Waals surface area (Å²) in [6.45, 7) is 6.82. The molecular weight excluding hydrogens is 473 g/mol. The summed E-state index contributed by atoms with van der Waals surface area (Å²) in [5, 5.41) is 8.58. The standard InChI is InChI=1S/C25H25F3N6O2/c1-16-8-11-33(12-9-16)22-14-18(7-10-29-22)15-34-17(2)13-21(31-34)24-30-23(32-36-24)19-3-5-20(6-4-19)35-25(26,27)28/h3-7,10,13-14,16H,8-9,11-12,15H2,1-2H3. The van der Waals surface area contributed by atoms with Crippen molar-refractivity contribution < 1.29 is 22.4 Å². The van der Waals surface area contributed by atoms with Crippen LogP contribution in [-0.4, -0.2) is 44.4 Å². The molecule has 1 saturated heterocycles. The number of alkyl halides is 3. The summed E-state index contributed by atoms with van der Waals surface area (Å²) in [4.78, 5) is 11.2. The smallest absolute Gasteiger partial charge is 0.406 e. The molecular formula is C25H25F3N6O2. The number of aryl methyl sites for hydroxylation is 1. The van der Waals surface area contributed by atoms with Crippen LogP contribution in [-0.2, 0) is 6.54 Å². The average molecular weight is 499 g/mol. The van der Waals surface area contributed by atoms with Gasteiger partial charge in [0.2, 0.25) is 5.82 Å². The van der Waals surface area contributed by atoms with Crippen LogP contribution in [0.15, 0.2) is 53.2 Å². The predicted octanol–water partition coefficient (Wildman–Crippen LogP) is 5.49. The summed E-state index contributed by atoms with van der Waals surface area (Å²) in [5.41, 5.74) is 3.02. The third-order valence-corrected chi connectivity index (χ3v) is 6.22. The molecule has 0 unspecified atom stereocenters. The molecule has 0 saturated carbocycles. The average Bonchev–Trinajstić information content (AvgIpc) is 3.47. The molecule has 0 bridgehead atoms. The van der Waals surface area contributed by atoms with Gasteiger partial charge in [-0.15, -0.1) is 13.2 Å². The van der Waals surface area contributed by atoms with Gasteiger partial charge in [0.15, 0.2) is 5.69 Å². The molecule has 0 spiro atoms. The van der Waals surface area contributed by atoms with E-state index in [-0.39, 0.29) is 17.5 Å². The van der Waals surface area contributed by atoms with Gasteiger partial charge in [-0.3, -0.25) is 4.68 Å². The fourth-order valence-electron chi connectivity index (χ4n) is 4.17. The molecule has 0 radical (unpaired) electrons. The second kappa shape index (κ2) is 9.63. The van der Waals surface area contributed by atoms with Crippen molar-refractivity contribution in [2.24, 2.45) is 5.92 Å². The van der Waals surface area contributed by atoms with Crippen molar-refractivity contribution in [2.75, 3.05) is 18.0 Å². The van der Waals surface area contributed by atoms with E-state index in [4.69, 9.17) is 4.52 Å². The van der Waals surface area contributed by atoms with E-state index >= 15 is 0 Å². The van der Waals surface area contributed by atoms with Crippen molar-refractivity contribution in [3.63, 3.8) is 0 Å². The van der Waals surface area contributed by atoms with Crippen LogP contribution in [0.3, 0.4) is 0 Å².